The van der Waals surface area contributed by atoms with Crippen LogP contribution in [0.1, 0.15) is 24.4 Å². The van der Waals surface area contributed by atoms with E-state index in [1.807, 2.05) is 6.92 Å². The molecule has 0 bridgehead atoms. The highest BCUT2D eigenvalue weighted by atomic mass is 16.4. The molecule has 0 radical (unpaired) electrons. The fourth-order valence-electron chi connectivity index (χ4n) is 1.93. The number of aliphatic carboxylic acids is 1. The first-order valence-electron chi connectivity index (χ1n) is 5.15. The standard InChI is InChI=1S/C11H13NO4/c1-7-2-3-8(16-7)6-12-9(11(14)15)4-5-10(12)13/h2-3,9H,4-6H2,1H3,(H,14,15). The summed E-state index contributed by atoms with van der Waals surface area (Å²) in [7, 11) is 0. The lowest BCUT2D eigenvalue weighted by Gasteiger charge is -2.20. The summed E-state index contributed by atoms with van der Waals surface area (Å²) >= 11 is 0. The number of nitrogens with zero attached hydrogens (tertiary/aromatic N) is 1. The highest BCUT2D eigenvalue weighted by molar-refractivity contribution is 5.87. The third kappa shape index (κ3) is 1.93. The molecule has 2 rings (SSSR count). The number of likely N-dealkylation sites (tertiary alicyclic amines) is 1. The first kappa shape index (κ1) is 10.7. The first-order chi connectivity index (χ1) is 7.58. The van der Waals surface area contributed by atoms with E-state index in [1.165, 1.54) is 4.90 Å². The molecule has 1 unspecified atom stereocenters. The lowest BCUT2D eigenvalue weighted by atomic mass is 10.2. The molecule has 1 N–H and O–H groups in total. The van der Waals surface area contributed by atoms with E-state index in [4.69, 9.17) is 9.52 Å². The second-order valence-corrected chi connectivity index (χ2v) is 3.93. The summed E-state index contributed by atoms with van der Waals surface area (Å²) in [6, 6.07) is 2.85. The Balaban J connectivity index is 2.12. The number of hydrogen-bond acceptors (Lipinski definition) is 3. The molecule has 1 saturated heterocycles. The van der Waals surface area contributed by atoms with Gasteiger partial charge in [-0.2, -0.15) is 0 Å². The summed E-state index contributed by atoms with van der Waals surface area (Å²) in [6.07, 6.45) is 0.685. The van der Waals surface area contributed by atoms with Gasteiger partial charge in [0, 0.05) is 6.42 Å². The molecule has 5 nitrogen and oxygen atoms in total. The van der Waals surface area contributed by atoms with Crippen LogP contribution >= 0.6 is 0 Å². The van der Waals surface area contributed by atoms with Crippen molar-refractivity contribution in [3.05, 3.63) is 23.7 Å². The van der Waals surface area contributed by atoms with Crippen LogP contribution in [-0.4, -0.2) is 27.9 Å². The minimum atomic E-state index is -0.950. The quantitative estimate of drug-likeness (QED) is 0.834. The normalized spacial score (nSPS) is 20.4. The maximum Gasteiger partial charge on any atom is 0.326 e. The molecule has 0 aromatic carbocycles. The summed E-state index contributed by atoms with van der Waals surface area (Å²) in [6.45, 7) is 2.05. The van der Waals surface area contributed by atoms with E-state index in [9.17, 15) is 9.59 Å². The number of furan rings is 1. The fourth-order valence-corrected chi connectivity index (χ4v) is 1.93. The summed E-state index contributed by atoms with van der Waals surface area (Å²) < 4.78 is 5.34. The van der Waals surface area contributed by atoms with Crippen LogP contribution in [0.25, 0.3) is 0 Å². The van der Waals surface area contributed by atoms with Crippen molar-refractivity contribution in [3.63, 3.8) is 0 Å². The smallest absolute Gasteiger partial charge is 0.326 e. The Bertz CT molecular complexity index is 423. The average molecular weight is 223 g/mol. The van der Waals surface area contributed by atoms with Crippen molar-refractivity contribution in [2.75, 3.05) is 0 Å². The van der Waals surface area contributed by atoms with E-state index in [2.05, 4.69) is 0 Å². The second kappa shape index (κ2) is 4.00. The highest BCUT2D eigenvalue weighted by Crippen LogP contribution is 2.22. The largest absolute Gasteiger partial charge is 0.480 e. The molecule has 1 aliphatic rings. The first-order valence-corrected chi connectivity index (χ1v) is 5.15. The van der Waals surface area contributed by atoms with Gasteiger partial charge in [-0.1, -0.05) is 0 Å². The molecule has 1 amide bonds. The van der Waals surface area contributed by atoms with Crippen molar-refractivity contribution in [1.29, 1.82) is 0 Å². The predicted molar refractivity (Wildman–Crippen MR) is 54.7 cm³/mol. The monoisotopic (exact) mass is 223 g/mol. The van der Waals surface area contributed by atoms with E-state index < -0.39 is 12.0 Å². The molecule has 0 spiro atoms. The molecule has 0 saturated carbocycles. The molecule has 5 heteroatoms. The highest BCUT2D eigenvalue weighted by Gasteiger charge is 2.36. The molecule has 1 aromatic rings. The number of carbonyl (C=O) groups is 2. The number of hydrogen-bond donors (Lipinski definition) is 1. The van der Waals surface area contributed by atoms with E-state index in [1.54, 1.807) is 12.1 Å². The molecule has 1 atom stereocenters. The van der Waals surface area contributed by atoms with Gasteiger partial charge in [0.2, 0.25) is 5.91 Å². The van der Waals surface area contributed by atoms with Gasteiger partial charge < -0.3 is 14.4 Å². The Morgan fingerprint density at radius 3 is 2.94 bits per heavy atom. The minimum absolute atomic E-state index is 0.124. The average Bonchev–Trinajstić information content (AvgIpc) is 2.76. The van der Waals surface area contributed by atoms with Gasteiger partial charge in [-0.15, -0.1) is 0 Å². The van der Waals surface area contributed by atoms with Crippen molar-refractivity contribution in [1.82, 2.24) is 4.90 Å². The molecular weight excluding hydrogens is 210 g/mol. The number of amides is 1. The van der Waals surface area contributed by atoms with Crippen LogP contribution in [0.15, 0.2) is 16.5 Å². The van der Waals surface area contributed by atoms with Gasteiger partial charge in [0.05, 0.1) is 6.54 Å². The van der Waals surface area contributed by atoms with Gasteiger partial charge in [-0.25, -0.2) is 4.79 Å². The van der Waals surface area contributed by atoms with Gasteiger partial charge in [-0.05, 0) is 25.5 Å². The third-order valence-corrected chi connectivity index (χ3v) is 2.74. The third-order valence-electron chi connectivity index (χ3n) is 2.74. The number of carboxylic acid groups (broad SMARTS) is 1. The molecule has 1 fully saturated rings. The summed E-state index contributed by atoms with van der Waals surface area (Å²) in [4.78, 5) is 23.8. The van der Waals surface area contributed by atoms with E-state index >= 15 is 0 Å². The zero-order valence-corrected chi connectivity index (χ0v) is 8.97. The van der Waals surface area contributed by atoms with Gasteiger partial charge in [0.25, 0.3) is 0 Å². The molecule has 1 aromatic heterocycles. The lowest BCUT2D eigenvalue weighted by molar-refractivity contribution is -0.146. The molecule has 16 heavy (non-hydrogen) atoms. The summed E-state index contributed by atoms with van der Waals surface area (Å²) in [5.41, 5.74) is 0. The fraction of sp³-hybridized carbons (Fsp3) is 0.455. The maximum atomic E-state index is 11.5. The van der Waals surface area contributed by atoms with Crippen molar-refractivity contribution < 1.29 is 19.1 Å². The molecule has 0 aliphatic carbocycles. The van der Waals surface area contributed by atoms with Crippen molar-refractivity contribution >= 4 is 11.9 Å². The van der Waals surface area contributed by atoms with Crippen molar-refractivity contribution in [3.8, 4) is 0 Å². The lowest BCUT2D eigenvalue weighted by Crippen LogP contribution is -2.37. The van der Waals surface area contributed by atoms with Gasteiger partial charge >= 0.3 is 5.97 Å². The van der Waals surface area contributed by atoms with Gasteiger partial charge in [-0.3, -0.25) is 4.79 Å². The molecular formula is C11H13NO4. The van der Waals surface area contributed by atoms with Gasteiger partial charge in [0.15, 0.2) is 0 Å². The van der Waals surface area contributed by atoms with Crippen molar-refractivity contribution in [2.45, 2.75) is 32.4 Å². The van der Waals surface area contributed by atoms with E-state index in [-0.39, 0.29) is 12.5 Å². The van der Waals surface area contributed by atoms with Crippen LogP contribution in [0.5, 0.6) is 0 Å². The topological polar surface area (TPSA) is 70.8 Å². The van der Waals surface area contributed by atoms with Crippen LogP contribution in [0.2, 0.25) is 0 Å². The maximum absolute atomic E-state index is 11.5. The van der Waals surface area contributed by atoms with Gasteiger partial charge in [0.1, 0.15) is 17.6 Å². The number of rotatable bonds is 3. The number of carboxylic acids is 1. The molecule has 86 valence electrons. The van der Waals surface area contributed by atoms with Crippen LogP contribution in [-0.2, 0) is 16.1 Å². The Kier molecular flexibility index (Phi) is 2.68. The van der Waals surface area contributed by atoms with Crippen LogP contribution in [0.3, 0.4) is 0 Å². The van der Waals surface area contributed by atoms with E-state index in [0.717, 1.165) is 5.76 Å². The van der Waals surface area contributed by atoms with Crippen LogP contribution in [0, 0.1) is 6.92 Å². The molecule has 2 heterocycles. The summed E-state index contributed by atoms with van der Waals surface area (Å²) in [5, 5.41) is 8.96. The number of carbonyl (C=O) groups excluding carboxylic acids is 1. The zero-order valence-electron chi connectivity index (χ0n) is 8.97. The predicted octanol–water partition coefficient (Wildman–Crippen LogP) is 1.16. The van der Waals surface area contributed by atoms with Crippen LogP contribution < -0.4 is 0 Å². The molecule has 1 aliphatic heterocycles. The number of aryl methyl sites for hydroxylation is 1. The van der Waals surface area contributed by atoms with E-state index in [0.29, 0.717) is 18.6 Å². The summed E-state index contributed by atoms with van der Waals surface area (Å²) in [5.74, 6) is 0.308. The SMILES string of the molecule is Cc1ccc(CN2C(=O)CCC2C(=O)O)o1. The Hall–Kier alpha value is -1.78. The minimum Gasteiger partial charge on any atom is -0.480 e. The van der Waals surface area contributed by atoms with Crippen LogP contribution in [0.4, 0.5) is 0 Å². The Morgan fingerprint density at radius 2 is 2.38 bits per heavy atom. The van der Waals surface area contributed by atoms with Crippen molar-refractivity contribution in [2.24, 2.45) is 0 Å². The Morgan fingerprint density at radius 1 is 1.62 bits per heavy atom. The zero-order chi connectivity index (χ0) is 11.7. The Labute approximate surface area is 92.7 Å². The second-order valence-electron chi connectivity index (χ2n) is 3.93.